The van der Waals surface area contributed by atoms with Gasteiger partial charge in [0.25, 0.3) is 17.5 Å². The highest BCUT2D eigenvalue weighted by Gasteiger charge is 2.37. The zero-order valence-electron chi connectivity index (χ0n) is 19.9. The van der Waals surface area contributed by atoms with Gasteiger partial charge in [-0.25, -0.2) is 32.6 Å². The Bertz CT molecular complexity index is 1600. The number of H-pyrrole nitrogens is 1. The van der Waals surface area contributed by atoms with Crippen molar-refractivity contribution in [2.24, 2.45) is 0 Å². The fraction of sp³-hybridized carbons (Fsp3) is 0.292. The van der Waals surface area contributed by atoms with E-state index in [0.29, 0.717) is 0 Å². The van der Waals surface area contributed by atoms with E-state index in [4.69, 9.17) is 0 Å². The van der Waals surface area contributed by atoms with Crippen LogP contribution in [0.15, 0.2) is 52.6 Å². The van der Waals surface area contributed by atoms with Crippen LogP contribution in [-0.4, -0.2) is 36.9 Å². The van der Waals surface area contributed by atoms with Crippen LogP contribution >= 0.6 is 0 Å². The Labute approximate surface area is 214 Å². The van der Waals surface area contributed by atoms with E-state index in [-0.39, 0.29) is 28.6 Å². The second-order valence-corrected chi connectivity index (χ2v) is 8.70. The molecule has 3 heterocycles. The van der Waals surface area contributed by atoms with E-state index in [1.807, 2.05) is 0 Å². The summed E-state index contributed by atoms with van der Waals surface area (Å²) in [5.74, 6) is -1.07. The molecule has 2 atom stereocenters. The van der Waals surface area contributed by atoms with Crippen molar-refractivity contribution in [1.29, 1.82) is 0 Å². The third kappa shape index (κ3) is 6.07. The van der Waals surface area contributed by atoms with Crippen LogP contribution in [-0.2, 0) is 12.7 Å². The predicted molar refractivity (Wildman–Crippen MR) is 127 cm³/mol. The lowest BCUT2D eigenvalue weighted by atomic mass is 10.1. The van der Waals surface area contributed by atoms with Crippen LogP contribution in [0.2, 0.25) is 0 Å². The molecule has 8 nitrogen and oxygen atoms in total. The molecule has 2 N–H and O–H groups in total. The highest BCUT2D eigenvalue weighted by Crippen LogP contribution is 2.32. The smallest absolute Gasteiger partial charge is 0.381 e. The largest absolute Gasteiger partial charge is 0.423 e. The number of benzene rings is 1. The minimum absolute atomic E-state index is 0.0919. The first kappa shape index (κ1) is 27.7. The Morgan fingerprint density at radius 2 is 1.77 bits per heavy atom. The average molecular weight is 556 g/mol. The maximum Gasteiger partial charge on any atom is 0.423 e. The molecule has 0 bridgehead atoms. The number of rotatable bonds is 8. The number of pyridine rings is 1. The summed E-state index contributed by atoms with van der Waals surface area (Å²) in [6.07, 6.45) is -6.06. The topological polar surface area (TPSA) is 106 Å². The van der Waals surface area contributed by atoms with Crippen LogP contribution in [0, 0.1) is 5.82 Å². The van der Waals surface area contributed by atoms with Gasteiger partial charge in [0.15, 0.2) is 5.82 Å². The van der Waals surface area contributed by atoms with E-state index in [1.54, 1.807) is 5.10 Å². The summed E-state index contributed by atoms with van der Waals surface area (Å²) in [7, 11) is 0. The minimum Gasteiger partial charge on any atom is -0.381 e. The van der Waals surface area contributed by atoms with Crippen molar-refractivity contribution in [2.75, 3.05) is 5.32 Å². The van der Waals surface area contributed by atoms with E-state index in [0.717, 1.165) is 29.2 Å². The summed E-state index contributed by atoms with van der Waals surface area (Å²) in [6, 6.07) is 2.70. The van der Waals surface area contributed by atoms with Crippen LogP contribution in [0.1, 0.15) is 30.9 Å². The molecule has 0 radical (unpaired) electrons. The van der Waals surface area contributed by atoms with Crippen molar-refractivity contribution < 1.29 is 30.7 Å². The molecule has 0 aliphatic heterocycles. The van der Waals surface area contributed by atoms with Crippen molar-refractivity contribution in [2.45, 2.75) is 44.7 Å². The standard InChI is InChI=1S/C24H19F7N6O2/c1-11(35-18-9-34-36-22(38)19(18)24(29,30)31)4-14(25)10-37-3-2-12-5-16(17(26)6-15(12)23(37)39)21-32-7-13(8-33-21)20(27)28/h2-3,5-9,11,14,20H,4,10H2,1H3,(H2,35,36,38)/t11-,14-/m0/s1. The number of nitrogens with one attached hydrogen (secondary N) is 2. The van der Waals surface area contributed by atoms with E-state index in [9.17, 15) is 40.3 Å². The van der Waals surface area contributed by atoms with E-state index in [2.05, 4.69) is 20.4 Å². The summed E-state index contributed by atoms with van der Waals surface area (Å²) in [5.41, 5.74) is -4.87. The predicted octanol–water partition coefficient (Wildman–Crippen LogP) is 4.87. The molecule has 0 amide bonds. The third-order valence-electron chi connectivity index (χ3n) is 5.77. The molecule has 0 aliphatic rings. The molecule has 0 saturated heterocycles. The van der Waals surface area contributed by atoms with Crippen molar-refractivity contribution in [3.05, 3.63) is 80.6 Å². The van der Waals surface area contributed by atoms with Crippen LogP contribution < -0.4 is 16.4 Å². The number of nitrogens with zero attached hydrogens (tertiary/aromatic N) is 4. The molecule has 0 aliphatic carbocycles. The highest BCUT2D eigenvalue weighted by atomic mass is 19.4. The molecule has 1 aromatic carbocycles. The van der Waals surface area contributed by atoms with Gasteiger partial charge in [-0.3, -0.25) is 9.59 Å². The number of anilines is 1. The number of fused-ring (bicyclic) bond motifs is 1. The van der Waals surface area contributed by atoms with Gasteiger partial charge in [-0.2, -0.15) is 18.3 Å². The number of halogens is 7. The molecule has 0 spiro atoms. The number of hydrogen-bond donors (Lipinski definition) is 2. The zero-order valence-corrected chi connectivity index (χ0v) is 19.9. The van der Waals surface area contributed by atoms with Crippen molar-refractivity contribution in [3.63, 3.8) is 0 Å². The third-order valence-corrected chi connectivity index (χ3v) is 5.77. The molecule has 39 heavy (non-hydrogen) atoms. The highest BCUT2D eigenvalue weighted by molar-refractivity contribution is 5.86. The van der Waals surface area contributed by atoms with E-state index >= 15 is 0 Å². The van der Waals surface area contributed by atoms with Gasteiger partial charge >= 0.3 is 6.18 Å². The van der Waals surface area contributed by atoms with Crippen LogP contribution in [0.25, 0.3) is 22.2 Å². The second kappa shape index (κ2) is 10.8. The zero-order chi connectivity index (χ0) is 28.5. The van der Waals surface area contributed by atoms with Gasteiger partial charge in [-0.1, -0.05) is 0 Å². The molecular formula is C24H19F7N6O2. The molecule has 206 valence electrons. The lowest BCUT2D eigenvalue weighted by Gasteiger charge is -2.20. The molecule has 4 aromatic rings. The minimum atomic E-state index is -4.97. The first-order chi connectivity index (χ1) is 18.3. The fourth-order valence-electron chi connectivity index (χ4n) is 4.00. The molecular weight excluding hydrogens is 537 g/mol. The Morgan fingerprint density at radius 1 is 1.08 bits per heavy atom. The van der Waals surface area contributed by atoms with Crippen LogP contribution in [0.4, 0.5) is 36.4 Å². The molecule has 3 aromatic heterocycles. The van der Waals surface area contributed by atoms with Crippen LogP contribution in [0.3, 0.4) is 0 Å². The lowest BCUT2D eigenvalue weighted by molar-refractivity contribution is -0.138. The summed E-state index contributed by atoms with van der Waals surface area (Å²) in [6.45, 7) is 0.909. The molecule has 15 heteroatoms. The molecule has 0 saturated carbocycles. The number of hydrogen-bond acceptors (Lipinski definition) is 6. The average Bonchev–Trinajstić information content (AvgIpc) is 2.85. The second-order valence-electron chi connectivity index (χ2n) is 8.70. The first-order valence-electron chi connectivity index (χ1n) is 11.3. The Kier molecular flexibility index (Phi) is 7.70. The number of aromatic amines is 1. The molecule has 4 rings (SSSR count). The van der Waals surface area contributed by atoms with Crippen molar-refractivity contribution in [3.8, 4) is 11.4 Å². The normalized spacial score (nSPS) is 13.6. The van der Waals surface area contributed by atoms with Gasteiger partial charge in [0, 0.05) is 31.1 Å². The fourth-order valence-corrected chi connectivity index (χ4v) is 4.00. The summed E-state index contributed by atoms with van der Waals surface area (Å²) in [5, 5.41) is 7.63. The van der Waals surface area contributed by atoms with Crippen molar-refractivity contribution >= 4 is 16.5 Å². The van der Waals surface area contributed by atoms with Gasteiger partial charge in [0.05, 0.1) is 34.9 Å². The summed E-state index contributed by atoms with van der Waals surface area (Å²) >= 11 is 0. The lowest BCUT2D eigenvalue weighted by Crippen LogP contribution is -2.30. The molecule has 0 unspecified atom stereocenters. The van der Waals surface area contributed by atoms with Gasteiger partial charge < -0.3 is 9.88 Å². The number of alkyl halides is 6. The maximum absolute atomic E-state index is 14.8. The summed E-state index contributed by atoms with van der Waals surface area (Å²) < 4.78 is 95.7. The van der Waals surface area contributed by atoms with Crippen LogP contribution in [0.5, 0.6) is 0 Å². The maximum atomic E-state index is 14.8. The Hall–Kier alpha value is -4.30. The monoisotopic (exact) mass is 556 g/mol. The SMILES string of the molecule is C[C@@H](C[C@H](F)Cn1ccc2cc(-c3ncc(C(F)F)cn3)c(F)cc2c1=O)Nc1cn[nH]c(=O)c1C(F)(F)F. The molecule has 0 fully saturated rings. The van der Waals surface area contributed by atoms with Gasteiger partial charge in [-0.15, -0.1) is 0 Å². The summed E-state index contributed by atoms with van der Waals surface area (Å²) in [4.78, 5) is 32.0. The van der Waals surface area contributed by atoms with Gasteiger partial charge in [0.1, 0.15) is 17.6 Å². The van der Waals surface area contributed by atoms with E-state index in [1.165, 1.54) is 25.3 Å². The van der Waals surface area contributed by atoms with Gasteiger partial charge in [0.2, 0.25) is 0 Å². The Balaban J connectivity index is 1.51. The quantitative estimate of drug-likeness (QED) is 0.300. The first-order valence-corrected chi connectivity index (χ1v) is 11.3. The van der Waals surface area contributed by atoms with Crippen molar-refractivity contribution in [1.82, 2.24) is 24.7 Å². The Morgan fingerprint density at radius 3 is 2.41 bits per heavy atom. The van der Waals surface area contributed by atoms with E-state index < -0.39 is 65.1 Å². The van der Waals surface area contributed by atoms with Gasteiger partial charge in [-0.05, 0) is 30.5 Å². The number of aromatic nitrogens is 5.